The number of benzene rings is 2. The number of para-hydroxylation sites is 2. The fourth-order valence-electron chi connectivity index (χ4n) is 4.34. The van der Waals surface area contributed by atoms with E-state index in [0.29, 0.717) is 17.0 Å². The normalized spacial score (nSPS) is 21.5. The number of ether oxygens (including phenoxy) is 1. The molecule has 2 atom stereocenters. The molecule has 0 aliphatic carbocycles. The topological polar surface area (TPSA) is 79.0 Å². The molecule has 4 rings (SSSR count). The molecular formula is C22H23N3O4. The standard InChI is InChI=1S/C22H23N3O4/c1-14(15-8-5-7-11-18(15)29-3)23-21(28)22-13-12-19(26)25(22)17-10-6-4-9-16(17)20(27)24(22)2/h4-11,14H,12-13H2,1-3H3,(H,23,28)/t14-,22+/m1/s1. The van der Waals surface area contributed by atoms with Crippen molar-refractivity contribution in [2.24, 2.45) is 0 Å². The molecular weight excluding hydrogens is 370 g/mol. The van der Waals surface area contributed by atoms with Gasteiger partial charge < -0.3 is 15.0 Å². The first-order chi connectivity index (χ1) is 13.9. The Morgan fingerprint density at radius 2 is 1.83 bits per heavy atom. The molecule has 0 aromatic heterocycles. The van der Waals surface area contributed by atoms with E-state index >= 15 is 0 Å². The van der Waals surface area contributed by atoms with Crippen LogP contribution in [0.3, 0.4) is 0 Å². The minimum atomic E-state index is -1.38. The Bertz CT molecular complexity index is 1010. The third-order valence-corrected chi connectivity index (χ3v) is 5.86. The molecule has 0 bridgehead atoms. The number of carbonyl (C=O) groups is 3. The van der Waals surface area contributed by atoms with Gasteiger partial charge in [-0.3, -0.25) is 19.3 Å². The van der Waals surface area contributed by atoms with Crippen molar-refractivity contribution in [3.63, 3.8) is 0 Å². The quantitative estimate of drug-likeness (QED) is 0.866. The lowest BCUT2D eigenvalue weighted by molar-refractivity contribution is -0.133. The van der Waals surface area contributed by atoms with Gasteiger partial charge in [-0.1, -0.05) is 30.3 Å². The van der Waals surface area contributed by atoms with Crippen LogP contribution < -0.4 is 15.0 Å². The van der Waals surface area contributed by atoms with Crippen molar-refractivity contribution in [2.75, 3.05) is 19.1 Å². The minimum Gasteiger partial charge on any atom is -0.496 e. The van der Waals surface area contributed by atoms with Crippen LogP contribution in [0.25, 0.3) is 0 Å². The second-order valence-corrected chi connectivity index (χ2v) is 7.36. The third kappa shape index (κ3) is 2.68. The first-order valence-electron chi connectivity index (χ1n) is 9.56. The van der Waals surface area contributed by atoms with Crippen molar-refractivity contribution in [3.05, 3.63) is 59.7 Å². The first kappa shape index (κ1) is 19.0. The van der Waals surface area contributed by atoms with E-state index in [2.05, 4.69) is 5.32 Å². The van der Waals surface area contributed by atoms with E-state index in [9.17, 15) is 14.4 Å². The van der Waals surface area contributed by atoms with E-state index in [1.807, 2.05) is 31.2 Å². The summed E-state index contributed by atoms with van der Waals surface area (Å²) in [5.74, 6) is -0.161. The molecule has 0 spiro atoms. The zero-order valence-corrected chi connectivity index (χ0v) is 16.6. The third-order valence-electron chi connectivity index (χ3n) is 5.86. The van der Waals surface area contributed by atoms with Crippen LogP contribution in [0.1, 0.15) is 41.7 Å². The summed E-state index contributed by atoms with van der Waals surface area (Å²) in [4.78, 5) is 42.2. The van der Waals surface area contributed by atoms with E-state index in [-0.39, 0.29) is 36.6 Å². The lowest BCUT2D eigenvalue weighted by Crippen LogP contribution is -2.69. The molecule has 3 amide bonds. The smallest absolute Gasteiger partial charge is 0.267 e. The number of nitrogens with zero attached hydrogens (tertiary/aromatic N) is 2. The average Bonchev–Trinajstić information content (AvgIpc) is 3.10. The number of hydrogen-bond acceptors (Lipinski definition) is 4. The zero-order valence-electron chi connectivity index (χ0n) is 16.6. The molecule has 29 heavy (non-hydrogen) atoms. The summed E-state index contributed by atoms with van der Waals surface area (Å²) < 4.78 is 5.40. The molecule has 2 aromatic rings. The molecule has 0 radical (unpaired) electrons. The molecule has 7 heteroatoms. The summed E-state index contributed by atoms with van der Waals surface area (Å²) in [5.41, 5.74) is 0.351. The first-order valence-corrected chi connectivity index (χ1v) is 9.56. The Morgan fingerprint density at radius 1 is 1.14 bits per heavy atom. The molecule has 1 N–H and O–H groups in total. The van der Waals surface area contributed by atoms with E-state index in [1.54, 1.807) is 38.4 Å². The van der Waals surface area contributed by atoms with Crippen LogP contribution in [-0.4, -0.2) is 42.4 Å². The number of nitrogens with one attached hydrogen (secondary N) is 1. The van der Waals surface area contributed by atoms with Crippen LogP contribution in [0.2, 0.25) is 0 Å². The fourth-order valence-corrected chi connectivity index (χ4v) is 4.34. The van der Waals surface area contributed by atoms with E-state index in [1.165, 1.54) is 9.80 Å². The maximum atomic E-state index is 13.6. The van der Waals surface area contributed by atoms with Crippen LogP contribution in [0.15, 0.2) is 48.5 Å². The highest BCUT2D eigenvalue weighted by Gasteiger charge is 2.59. The van der Waals surface area contributed by atoms with Crippen LogP contribution in [0.5, 0.6) is 5.75 Å². The summed E-state index contributed by atoms with van der Waals surface area (Å²) in [7, 11) is 3.16. The maximum Gasteiger partial charge on any atom is 0.267 e. The lowest BCUT2D eigenvalue weighted by Gasteiger charge is -2.47. The van der Waals surface area contributed by atoms with Crippen LogP contribution >= 0.6 is 0 Å². The molecule has 2 aliphatic heterocycles. The van der Waals surface area contributed by atoms with Gasteiger partial charge in [0.15, 0.2) is 0 Å². The predicted molar refractivity (Wildman–Crippen MR) is 108 cm³/mol. The van der Waals surface area contributed by atoms with E-state index in [4.69, 9.17) is 4.74 Å². The van der Waals surface area contributed by atoms with Crippen molar-refractivity contribution < 1.29 is 19.1 Å². The Balaban J connectivity index is 1.73. The number of carbonyl (C=O) groups excluding carboxylic acids is 3. The maximum absolute atomic E-state index is 13.6. The molecule has 1 fully saturated rings. The minimum absolute atomic E-state index is 0.170. The molecule has 1 saturated heterocycles. The predicted octanol–water partition coefficient (Wildman–Crippen LogP) is 2.48. The van der Waals surface area contributed by atoms with Gasteiger partial charge in [-0.2, -0.15) is 0 Å². The summed E-state index contributed by atoms with van der Waals surface area (Å²) >= 11 is 0. The van der Waals surface area contributed by atoms with E-state index < -0.39 is 5.66 Å². The second kappa shape index (κ2) is 6.92. The number of rotatable bonds is 4. The molecule has 2 aromatic carbocycles. The molecule has 0 saturated carbocycles. The number of hydrogen-bond donors (Lipinski definition) is 1. The summed E-state index contributed by atoms with van der Waals surface area (Å²) in [6, 6.07) is 14.0. The molecule has 150 valence electrons. The molecule has 7 nitrogen and oxygen atoms in total. The van der Waals surface area contributed by atoms with Gasteiger partial charge in [-0.25, -0.2) is 0 Å². The largest absolute Gasteiger partial charge is 0.496 e. The fraction of sp³-hybridized carbons (Fsp3) is 0.318. The molecule has 2 heterocycles. The van der Waals surface area contributed by atoms with E-state index in [0.717, 1.165) is 5.56 Å². The molecule has 0 unspecified atom stereocenters. The Morgan fingerprint density at radius 3 is 2.59 bits per heavy atom. The highest BCUT2D eigenvalue weighted by atomic mass is 16.5. The zero-order chi connectivity index (χ0) is 20.8. The number of anilines is 1. The van der Waals surface area contributed by atoms with Gasteiger partial charge in [-0.15, -0.1) is 0 Å². The van der Waals surface area contributed by atoms with Gasteiger partial charge in [0.2, 0.25) is 11.6 Å². The average molecular weight is 393 g/mol. The Labute approximate surface area is 169 Å². The Kier molecular flexibility index (Phi) is 4.53. The van der Waals surface area contributed by atoms with Gasteiger partial charge in [-0.05, 0) is 25.1 Å². The van der Waals surface area contributed by atoms with Crippen molar-refractivity contribution in [1.29, 1.82) is 0 Å². The highest BCUT2D eigenvalue weighted by molar-refractivity contribution is 6.16. The monoisotopic (exact) mass is 393 g/mol. The summed E-state index contributed by atoms with van der Waals surface area (Å²) in [5, 5.41) is 3.00. The second-order valence-electron chi connectivity index (χ2n) is 7.36. The highest BCUT2D eigenvalue weighted by Crippen LogP contribution is 2.44. The van der Waals surface area contributed by atoms with Crippen molar-refractivity contribution in [1.82, 2.24) is 10.2 Å². The van der Waals surface area contributed by atoms with Gasteiger partial charge in [0.1, 0.15) is 5.75 Å². The van der Waals surface area contributed by atoms with Crippen molar-refractivity contribution in [3.8, 4) is 5.75 Å². The number of methoxy groups -OCH3 is 1. The molecule has 2 aliphatic rings. The van der Waals surface area contributed by atoms with Crippen LogP contribution in [-0.2, 0) is 9.59 Å². The van der Waals surface area contributed by atoms with Gasteiger partial charge in [0, 0.05) is 25.5 Å². The lowest BCUT2D eigenvalue weighted by atomic mass is 9.95. The Hall–Kier alpha value is -3.35. The van der Waals surface area contributed by atoms with Crippen molar-refractivity contribution >= 4 is 23.4 Å². The summed E-state index contributed by atoms with van der Waals surface area (Å²) in [6.45, 7) is 1.85. The number of fused-ring (bicyclic) bond motifs is 3. The van der Waals surface area contributed by atoms with Crippen molar-refractivity contribution in [2.45, 2.75) is 31.5 Å². The summed E-state index contributed by atoms with van der Waals surface area (Å²) in [6.07, 6.45) is 0.440. The number of amides is 3. The van der Waals surface area contributed by atoms with Gasteiger partial charge in [0.05, 0.1) is 24.4 Å². The number of likely N-dealkylation sites (N-methyl/N-ethyl adjacent to an activating group) is 1. The van der Waals surface area contributed by atoms with Gasteiger partial charge in [0.25, 0.3) is 11.8 Å². The van der Waals surface area contributed by atoms with Gasteiger partial charge >= 0.3 is 0 Å². The van der Waals surface area contributed by atoms with Crippen LogP contribution in [0.4, 0.5) is 5.69 Å². The van der Waals surface area contributed by atoms with Crippen LogP contribution in [0, 0.1) is 0 Å². The SMILES string of the molecule is COc1ccccc1[C@@H](C)NC(=O)[C@]12CCC(=O)N1c1ccccc1C(=O)N2C.